The van der Waals surface area contributed by atoms with E-state index in [0.717, 1.165) is 12.1 Å². The van der Waals surface area contributed by atoms with E-state index in [-0.39, 0.29) is 11.7 Å². The van der Waals surface area contributed by atoms with Crippen molar-refractivity contribution in [3.63, 3.8) is 0 Å². The van der Waals surface area contributed by atoms with Crippen molar-refractivity contribution < 1.29 is 17.2 Å². The molecule has 0 radical (unpaired) electrons. The summed E-state index contributed by atoms with van der Waals surface area (Å²) in [5.74, 6) is -0.887. The Labute approximate surface area is 109 Å². The van der Waals surface area contributed by atoms with E-state index in [1.165, 1.54) is 6.26 Å². The van der Waals surface area contributed by atoms with Crippen LogP contribution in [0.15, 0.2) is 27.7 Å². The number of nitrogen functional groups attached to an aromatic ring is 1. The SMILES string of the molecule is Cc1coc(NS(=O)(=O)c2cc(N)c(C)cc2F)n1. The average molecular weight is 285 g/mol. The van der Waals surface area contributed by atoms with Crippen molar-refractivity contribution in [1.29, 1.82) is 0 Å². The summed E-state index contributed by atoms with van der Waals surface area (Å²) in [7, 11) is -4.13. The van der Waals surface area contributed by atoms with Crippen LogP contribution in [0.3, 0.4) is 0 Å². The average Bonchev–Trinajstić information content (AvgIpc) is 2.68. The van der Waals surface area contributed by atoms with Gasteiger partial charge in [0.25, 0.3) is 10.0 Å². The van der Waals surface area contributed by atoms with Gasteiger partial charge in [-0.05, 0) is 31.5 Å². The molecule has 0 aliphatic carbocycles. The van der Waals surface area contributed by atoms with Crippen LogP contribution in [0.2, 0.25) is 0 Å². The molecule has 0 aliphatic rings. The van der Waals surface area contributed by atoms with Crippen molar-refractivity contribution in [2.45, 2.75) is 18.7 Å². The molecule has 1 heterocycles. The molecular formula is C11H12FN3O3S. The third kappa shape index (κ3) is 2.68. The van der Waals surface area contributed by atoms with E-state index < -0.39 is 20.7 Å². The maximum atomic E-state index is 13.7. The smallest absolute Gasteiger partial charge is 0.309 e. The highest BCUT2D eigenvalue weighted by Crippen LogP contribution is 2.23. The number of hydrogen-bond acceptors (Lipinski definition) is 5. The second-order valence-corrected chi connectivity index (χ2v) is 5.69. The van der Waals surface area contributed by atoms with Gasteiger partial charge in [0, 0.05) is 5.69 Å². The van der Waals surface area contributed by atoms with Gasteiger partial charge in [-0.1, -0.05) is 0 Å². The Balaban J connectivity index is 2.42. The van der Waals surface area contributed by atoms with Crippen molar-refractivity contribution in [3.8, 4) is 0 Å². The molecule has 1 aromatic carbocycles. The molecule has 2 rings (SSSR count). The molecule has 0 amide bonds. The first-order chi connectivity index (χ1) is 8.79. The van der Waals surface area contributed by atoms with Crippen molar-refractivity contribution >= 4 is 21.7 Å². The largest absolute Gasteiger partial charge is 0.431 e. The number of aryl methyl sites for hydroxylation is 2. The fraction of sp³-hybridized carbons (Fsp3) is 0.182. The number of nitrogens with two attached hydrogens (primary N) is 1. The first-order valence-corrected chi connectivity index (χ1v) is 6.78. The molecule has 0 unspecified atom stereocenters. The fourth-order valence-corrected chi connectivity index (χ4v) is 2.48. The highest BCUT2D eigenvalue weighted by molar-refractivity contribution is 7.92. The molecule has 2 aromatic rings. The Kier molecular flexibility index (Phi) is 3.19. The number of anilines is 2. The highest BCUT2D eigenvalue weighted by atomic mass is 32.2. The van der Waals surface area contributed by atoms with Crippen molar-refractivity contribution in [2.24, 2.45) is 0 Å². The number of nitrogens with one attached hydrogen (secondary N) is 1. The van der Waals surface area contributed by atoms with Crippen LogP contribution in [-0.2, 0) is 10.0 Å². The summed E-state index contributed by atoms with van der Waals surface area (Å²) in [6.07, 6.45) is 1.28. The number of sulfonamides is 1. The van der Waals surface area contributed by atoms with Gasteiger partial charge in [0.15, 0.2) is 0 Å². The van der Waals surface area contributed by atoms with Gasteiger partial charge in [-0.15, -0.1) is 0 Å². The summed E-state index contributed by atoms with van der Waals surface area (Å²) in [4.78, 5) is 3.23. The molecule has 0 atom stereocenters. The van der Waals surface area contributed by atoms with E-state index in [1.54, 1.807) is 13.8 Å². The molecule has 0 bridgehead atoms. The number of aromatic nitrogens is 1. The molecular weight excluding hydrogens is 273 g/mol. The summed E-state index contributed by atoms with van der Waals surface area (Å²) in [6.45, 7) is 3.21. The molecule has 0 aliphatic heterocycles. The Morgan fingerprint density at radius 3 is 2.63 bits per heavy atom. The van der Waals surface area contributed by atoms with Gasteiger partial charge in [-0.25, -0.2) is 17.5 Å². The maximum absolute atomic E-state index is 13.7. The first kappa shape index (κ1) is 13.3. The molecule has 0 spiro atoms. The molecule has 1 aromatic heterocycles. The summed E-state index contributed by atoms with van der Waals surface area (Å²) in [6, 6.07) is 1.89. The van der Waals surface area contributed by atoms with Gasteiger partial charge in [-0.2, -0.15) is 4.98 Å². The van der Waals surface area contributed by atoms with E-state index in [1.807, 2.05) is 4.72 Å². The molecule has 0 saturated heterocycles. The number of nitrogens with zero attached hydrogens (tertiary/aromatic N) is 1. The minimum absolute atomic E-state index is 0.186. The van der Waals surface area contributed by atoms with E-state index in [0.29, 0.717) is 11.3 Å². The number of benzene rings is 1. The summed E-state index contributed by atoms with van der Waals surface area (Å²) < 4.78 is 44.6. The van der Waals surface area contributed by atoms with Crippen molar-refractivity contribution in [2.75, 3.05) is 10.5 Å². The Bertz CT molecular complexity index is 725. The Morgan fingerprint density at radius 1 is 1.37 bits per heavy atom. The predicted molar refractivity (Wildman–Crippen MR) is 67.6 cm³/mol. The van der Waals surface area contributed by atoms with Crippen LogP contribution in [0.4, 0.5) is 16.1 Å². The standard InChI is InChI=1S/C11H12FN3O3S/c1-6-3-8(12)10(4-9(6)13)19(16,17)15-11-14-7(2)5-18-11/h3-5H,13H2,1-2H3,(H,14,15). The zero-order valence-electron chi connectivity index (χ0n) is 10.3. The van der Waals surface area contributed by atoms with Gasteiger partial charge < -0.3 is 10.2 Å². The van der Waals surface area contributed by atoms with Crippen LogP contribution in [0.1, 0.15) is 11.3 Å². The minimum Gasteiger partial charge on any atom is -0.431 e. The monoisotopic (exact) mass is 285 g/mol. The Morgan fingerprint density at radius 2 is 2.05 bits per heavy atom. The zero-order valence-corrected chi connectivity index (χ0v) is 11.1. The summed E-state index contributed by atoms with van der Waals surface area (Å²) in [5.41, 5.74) is 6.73. The number of oxazole rings is 1. The fourth-order valence-electron chi connectivity index (χ4n) is 1.45. The molecule has 6 nitrogen and oxygen atoms in total. The van der Waals surface area contributed by atoms with Crippen molar-refractivity contribution in [1.82, 2.24) is 4.98 Å². The summed E-state index contributed by atoms with van der Waals surface area (Å²) >= 11 is 0. The molecule has 0 saturated carbocycles. The van der Waals surface area contributed by atoms with Gasteiger partial charge in [0.05, 0.1) is 5.69 Å². The third-order valence-corrected chi connectivity index (χ3v) is 3.79. The van der Waals surface area contributed by atoms with Crippen LogP contribution in [0.25, 0.3) is 0 Å². The van der Waals surface area contributed by atoms with Gasteiger partial charge in [0.1, 0.15) is 17.0 Å². The molecule has 0 fully saturated rings. The van der Waals surface area contributed by atoms with E-state index >= 15 is 0 Å². The van der Waals surface area contributed by atoms with Crippen molar-refractivity contribution in [3.05, 3.63) is 35.5 Å². The van der Waals surface area contributed by atoms with E-state index in [4.69, 9.17) is 10.2 Å². The normalized spacial score (nSPS) is 11.5. The number of hydrogen-bond donors (Lipinski definition) is 2. The van der Waals surface area contributed by atoms with Crippen LogP contribution >= 0.6 is 0 Å². The quantitative estimate of drug-likeness (QED) is 0.838. The number of halogens is 1. The van der Waals surface area contributed by atoms with Crippen LogP contribution in [-0.4, -0.2) is 13.4 Å². The summed E-state index contributed by atoms with van der Waals surface area (Å²) in [5, 5.41) is 0. The van der Waals surface area contributed by atoms with Crippen LogP contribution < -0.4 is 10.5 Å². The highest BCUT2D eigenvalue weighted by Gasteiger charge is 2.22. The van der Waals surface area contributed by atoms with E-state index in [9.17, 15) is 12.8 Å². The van der Waals surface area contributed by atoms with Crippen LogP contribution in [0.5, 0.6) is 0 Å². The third-order valence-electron chi connectivity index (χ3n) is 2.45. The second kappa shape index (κ2) is 4.54. The molecule has 8 heteroatoms. The molecule has 19 heavy (non-hydrogen) atoms. The predicted octanol–water partition coefficient (Wildman–Crippen LogP) is 1.81. The lowest BCUT2D eigenvalue weighted by Gasteiger charge is -2.08. The zero-order chi connectivity index (χ0) is 14.2. The van der Waals surface area contributed by atoms with Crippen LogP contribution in [0, 0.1) is 19.7 Å². The lowest BCUT2D eigenvalue weighted by atomic mass is 10.2. The molecule has 3 N–H and O–H groups in total. The number of rotatable bonds is 3. The Hall–Kier alpha value is -2.09. The molecule has 102 valence electrons. The van der Waals surface area contributed by atoms with Gasteiger partial charge in [-0.3, -0.25) is 0 Å². The van der Waals surface area contributed by atoms with E-state index in [2.05, 4.69) is 4.98 Å². The topological polar surface area (TPSA) is 98.2 Å². The maximum Gasteiger partial charge on any atom is 0.309 e. The van der Waals surface area contributed by atoms with Gasteiger partial charge >= 0.3 is 6.01 Å². The second-order valence-electron chi connectivity index (χ2n) is 4.04. The lowest BCUT2D eigenvalue weighted by Crippen LogP contribution is -2.15. The van der Waals surface area contributed by atoms with Gasteiger partial charge in [0.2, 0.25) is 0 Å². The first-order valence-electron chi connectivity index (χ1n) is 5.30. The minimum atomic E-state index is -4.13. The lowest BCUT2D eigenvalue weighted by molar-refractivity contribution is 0.559.